The molecule has 0 amide bonds. The first kappa shape index (κ1) is 7.48. The first-order chi connectivity index (χ1) is 4.89. The Morgan fingerprint density at radius 1 is 1.60 bits per heavy atom. The van der Waals surface area contributed by atoms with E-state index in [9.17, 15) is 0 Å². The van der Waals surface area contributed by atoms with Crippen molar-refractivity contribution in [1.29, 1.82) is 0 Å². The lowest BCUT2D eigenvalue weighted by Gasteiger charge is -1.98. The van der Waals surface area contributed by atoms with Crippen LogP contribution in [0.15, 0.2) is 17.3 Å². The molecule has 1 aliphatic rings. The van der Waals surface area contributed by atoms with Crippen molar-refractivity contribution in [2.45, 2.75) is 19.8 Å². The van der Waals surface area contributed by atoms with Gasteiger partial charge < -0.3 is 5.32 Å². The van der Waals surface area contributed by atoms with Crippen LogP contribution in [0.4, 0.5) is 0 Å². The summed E-state index contributed by atoms with van der Waals surface area (Å²) in [6.45, 7) is 4.14. The van der Waals surface area contributed by atoms with Crippen LogP contribution in [0.25, 0.3) is 0 Å². The highest BCUT2D eigenvalue weighted by Crippen LogP contribution is 1.94. The molecule has 0 aromatic heterocycles. The van der Waals surface area contributed by atoms with Gasteiger partial charge in [-0.2, -0.15) is 0 Å². The van der Waals surface area contributed by atoms with Crippen molar-refractivity contribution in [3.63, 3.8) is 0 Å². The van der Waals surface area contributed by atoms with Crippen molar-refractivity contribution in [3.05, 3.63) is 12.3 Å². The van der Waals surface area contributed by atoms with Gasteiger partial charge in [0.2, 0.25) is 0 Å². The second-order valence-corrected chi connectivity index (χ2v) is 2.56. The minimum absolute atomic E-state index is 0.955. The van der Waals surface area contributed by atoms with Crippen LogP contribution in [0.1, 0.15) is 19.8 Å². The second-order valence-electron chi connectivity index (χ2n) is 2.56. The van der Waals surface area contributed by atoms with E-state index in [-0.39, 0.29) is 0 Å². The van der Waals surface area contributed by atoms with Gasteiger partial charge in [-0.3, -0.25) is 4.99 Å². The Kier molecular flexibility index (Phi) is 3.16. The lowest BCUT2D eigenvalue weighted by atomic mass is 10.2. The molecule has 0 unspecified atom stereocenters. The molecule has 56 valence electrons. The molecule has 0 bridgehead atoms. The molecular formula is C8H14N2. The number of hydrogen-bond donors (Lipinski definition) is 1. The van der Waals surface area contributed by atoms with Gasteiger partial charge in [0.1, 0.15) is 0 Å². The highest BCUT2D eigenvalue weighted by Gasteiger charge is 1.92. The minimum atomic E-state index is 0.955. The van der Waals surface area contributed by atoms with Gasteiger partial charge in [-0.15, -0.1) is 0 Å². The molecule has 1 heterocycles. The van der Waals surface area contributed by atoms with Crippen molar-refractivity contribution in [1.82, 2.24) is 5.32 Å². The predicted molar refractivity (Wildman–Crippen MR) is 44.4 cm³/mol. The predicted octanol–water partition coefficient (Wildman–Crippen LogP) is 1.34. The summed E-state index contributed by atoms with van der Waals surface area (Å²) in [6, 6.07) is 0. The van der Waals surface area contributed by atoms with Crippen LogP contribution in [0.3, 0.4) is 0 Å². The lowest BCUT2D eigenvalue weighted by Crippen LogP contribution is -2.14. The SMILES string of the molecule is CC1=N/C=C\CNCCC1. The standard InChI is InChI=1S/C8H14N2/c1-8-4-2-5-9-6-3-7-10-8/h3,7,9H,2,4-6H2,1H3/b7-3-,10-8?. The Morgan fingerprint density at radius 3 is 3.40 bits per heavy atom. The van der Waals surface area contributed by atoms with Crippen molar-refractivity contribution >= 4 is 5.71 Å². The minimum Gasteiger partial charge on any atom is -0.313 e. The topological polar surface area (TPSA) is 24.4 Å². The van der Waals surface area contributed by atoms with E-state index in [4.69, 9.17) is 0 Å². The summed E-state index contributed by atoms with van der Waals surface area (Å²) < 4.78 is 0. The van der Waals surface area contributed by atoms with E-state index in [0.29, 0.717) is 0 Å². The Balaban J connectivity index is 2.43. The van der Waals surface area contributed by atoms with Crippen LogP contribution in [0.5, 0.6) is 0 Å². The van der Waals surface area contributed by atoms with E-state index >= 15 is 0 Å². The molecule has 1 N–H and O–H groups in total. The van der Waals surface area contributed by atoms with E-state index in [1.165, 1.54) is 12.1 Å². The van der Waals surface area contributed by atoms with Crippen molar-refractivity contribution in [2.75, 3.05) is 13.1 Å². The third-order valence-electron chi connectivity index (χ3n) is 1.55. The first-order valence-electron chi connectivity index (χ1n) is 3.78. The summed E-state index contributed by atoms with van der Waals surface area (Å²) in [5.74, 6) is 0. The van der Waals surface area contributed by atoms with Gasteiger partial charge in [0, 0.05) is 18.5 Å². The maximum Gasteiger partial charge on any atom is 0.0239 e. The fourth-order valence-electron chi connectivity index (χ4n) is 0.952. The number of hydrogen-bond acceptors (Lipinski definition) is 2. The summed E-state index contributed by atoms with van der Waals surface area (Å²) >= 11 is 0. The molecule has 0 atom stereocenters. The van der Waals surface area contributed by atoms with E-state index in [1.807, 2.05) is 6.20 Å². The Labute approximate surface area is 62.0 Å². The molecule has 0 aliphatic carbocycles. The largest absolute Gasteiger partial charge is 0.313 e. The molecule has 0 saturated heterocycles. The lowest BCUT2D eigenvalue weighted by molar-refractivity contribution is 0.711. The van der Waals surface area contributed by atoms with Crippen molar-refractivity contribution in [3.8, 4) is 0 Å². The summed E-state index contributed by atoms with van der Waals surface area (Å²) in [5, 5.41) is 3.29. The van der Waals surface area contributed by atoms with Crippen LogP contribution in [0.2, 0.25) is 0 Å². The Hall–Kier alpha value is -0.630. The highest BCUT2D eigenvalue weighted by molar-refractivity contribution is 5.82. The van der Waals surface area contributed by atoms with Gasteiger partial charge in [-0.05, 0) is 26.3 Å². The van der Waals surface area contributed by atoms with Gasteiger partial charge in [-0.25, -0.2) is 0 Å². The maximum atomic E-state index is 4.24. The summed E-state index contributed by atoms with van der Waals surface area (Å²) in [7, 11) is 0. The van der Waals surface area contributed by atoms with E-state index in [2.05, 4.69) is 23.3 Å². The molecule has 2 nitrogen and oxygen atoms in total. The average molecular weight is 138 g/mol. The monoisotopic (exact) mass is 138 g/mol. The molecule has 10 heavy (non-hydrogen) atoms. The molecular weight excluding hydrogens is 124 g/mol. The van der Waals surface area contributed by atoms with Crippen LogP contribution >= 0.6 is 0 Å². The zero-order chi connectivity index (χ0) is 7.23. The van der Waals surface area contributed by atoms with Gasteiger partial charge in [0.25, 0.3) is 0 Å². The van der Waals surface area contributed by atoms with Crippen molar-refractivity contribution < 1.29 is 0 Å². The van der Waals surface area contributed by atoms with Crippen LogP contribution in [-0.4, -0.2) is 18.8 Å². The zero-order valence-corrected chi connectivity index (χ0v) is 6.43. The molecule has 1 rings (SSSR count). The molecule has 0 spiro atoms. The van der Waals surface area contributed by atoms with Gasteiger partial charge in [0.15, 0.2) is 0 Å². The molecule has 0 saturated carbocycles. The second kappa shape index (κ2) is 4.23. The van der Waals surface area contributed by atoms with Gasteiger partial charge in [0.05, 0.1) is 0 Å². The number of nitrogens with zero attached hydrogens (tertiary/aromatic N) is 1. The van der Waals surface area contributed by atoms with Crippen LogP contribution in [0, 0.1) is 0 Å². The summed E-state index contributed by atoms with van der Waals surface area (Å²) in [5.41, 5.74) is 1.24. The Bertz CT molecular complexity index is 147. The van der Waals surface area contributed by atoms with Crippen LogP contribution < -0.4 is 5.32 Å². The fraction of sp³-hybridized carbons (Fsp3) is 0.625. The van der Waals surface area contributed by atoms with Gasteiger partial charge in [-0.1, -0.05) is 6.08 Å². The van der Waals surface area contributed by atoms with Crippen LogP contribution in [-0.2, 0) is 0 Å². The fourth-order valence-corrected chi connectivity index (χ4v) is 0.952. The molecule has 2 heteroatoms. The maximum absolute atomic E-state index is 4.24. The quantitative estimate of drug-likeness (QED) is 0.536. The molecule has 1 aliphatic heterocycles. The third kappa shape index (κ3) is 2.78. The van der Waals surface area contributed by atoms with Gasteiger partial charge >= 0.3 is 0 Å². The first-order valence-corrected chi connectivity index (χ1v) is 3.78. The summed E-state index contributed by atoms with van der Waals surface area (Å²) in [4.78, 5) is 4.24. The third-order valence-corrected chi connectivity index (χ3v) is 1.55. The van der Waals surface area contributed by atoms with E-state index in [0.717, 1.165) is 19.5 Å². The smallest absolute Gasteiger partial charge is 0.0239 e. The number of rotatable bonds is 0. The molecule has 0 aromatic rings. The Morgan fingerprint density at radius 2 is 2.50 bits per heavy atom. The summed E-state index contributed by atoms with van der Waals surface area (Å²) in [6.07, 6.45) is 6.26. The molecule has 0 fully saturated rings. The average Bonchev–Trinajstić information content (AvgIpc) is 2.02. The van der Waals surface area contributed by atoms with E-state index in [1.54, 1.807) is 0 Å². The normalized spacial score (nSPS) is 23.9. The van der Waals surface area contributed by atoms with E-state index < -0.39 is 0 Å². The highest BCUT2D eigenvalue weighted by atomic mass is 14.8. The number of nitrogens with one attached hydrogen (secondary N) is 1. The molecule has 0 radical (unpaired) electrons. The zero-order valence-electron chi connectivity index (χ0n) is 6.43. The number of aliphatic imine (C=N–C) groups is 1. The van der Waals surface area contributed by atoms with Crippen molar-refractivity contribution in [2.24, 2.45) is 4.99 Å². The molecule has 0 aromatic carbocycles.